The second-order valence-electron chi connectivity index (χ2n) is 4.94. The van der Waals surface area contributed by atoms with E-state index in [2.05, 4.69) is 0 Å². The van der Waals surface area contributed by atoms with Crippen molar-refractivity contribution in [1.29, 1.82) is 0 Å². The maximum Gasteiger partial charge on any atom is 0.308 e. The summed E-state index contributed by atoms with van der Waals surface area (Å²) >= 11 is 0. The Morgan fingerprint density at radius 3 is 2.39 bits per heavy atom. The van der Waals surface area contributed by atoms with Crippen molar-refractivity contribution in [2.75, 3.05) is 33.9 Å². The number of carbonyl (C=O) groups is 2. The number of nitrogens with zero attached hydrogens (tertiary/aromatic N) is 1. The minimum atomic E-state index is -0.158. The molecule has 18 heavy (non-hydrogen) atoms. The van der Waals surface area contributed by atoms with Crippen LogP contribution in [0.25, 0.3) is 0 Å². The van der Waals surface area contributed by atoms with E-state index in [9.17, 15) is 9.59 Å². The van der Waals surface area contributed by atoms with Crippen LogP contribution in [0.15, 0.2) is 0 Å². The van der Waals surface area contributed by atoms with Gasteiger partial charge in [0.1, 0.15) is 0 Å². The van der Waals surface area contributed by atoms with E-state index in [1.807, 2.05) is 11.8 Å². The molecule has 5 heteroatoms. The van der Waals surface area contributed by atoms with Crippen molar-refractivity contribution in [3.05, 3.63) is 0 Å². The van der Waals surface area contributed by atoms with Crippen molar-refractivity contribution >= 4 is 11.9 Å². The van der Waals surface area contributed by atoms with Gasteiger partial charge in [0.2, 0.25) is 5.91 Å². The molecule has 0 bridgehead atoms. The monoisotopic (exact) mass is 257 g/mol. The van der Waals surface area contributed by atoms with Gasteiger partial charge in [-0.05, 0) is 18.8 Å². The van der Waals surface area contributed by atoms with E-state index in [0.717, 1.165) is 0 Å². The second-order valence-corrected chi connectivity index (χ2v) is 4.94. The zero-order chi connectivity index (χ0) is 13.5. The number of ether oxygens (including phenoxy) is 2. The van der Waals surface area contributed by atoms with E-state index in [1.165, 1.54) is 7.11 Å². The normalized spacial score (nSPS) is 18.5. The fourth-order valence-electron chi connectivity index (χ4n) is 2.30. The minimum absolute atomic E-state index is 0.0459. The highest BCUT2D eigenvalue weighted by molar-refractivity contribution is 5.77. The third kappa shape index (κ3) is 4.29. The molecule has 0 aromatic rings. The van der Waals surface area contributed by atoms with Crippen LogP contribution in [0, 0.1) is 11.8 Å². The third-order valence-electron chi connectivity index (χ3n) is 3.36. The third-order valence-corrected chi connectivity index (χ3v) is 3.36. The average molecular weight is 257 g/mol. The lowest BCUT2D eigenvalue weighted by atomic mass is 9.96. The summed E-state index contributed by atoms with van der Waals surface area (Å²) in [6.45, 7) is 3.91. The Labute approximate surface area is 108 Å². The van der Waals surface area contributed by atoms with Gasteiger partial charge < -0.3 is 14.4 Å². The Morgan fingerprint density at radius 2 is 1.89 bits per heavy atom. The molecule has 1 amide bonds. The molecule has 1 atom stereocenters. The summed E-state index contributed by atoms with van der Waals surface area (Å²) in [5.41, 5.74) is 0. The predicted molar refractivity (Wildman–Crippen MR) is 67.0 cm³/mol. The van der Waals surface area contributed by atoms with Crippen molar-refractivity contribution in [2.24, 2.45) is 11.8 Å². The van der Waals surface area contributed by atoms with Crippen LogP contribution in [-0.2, 0) is 19.1 Å². The molecule has 0 aliphatic carbocycles. The van der Waals surface area contributed by atoms with E-state index in [4.69, 9.17) is 9.47 Å². The van der Waals surface area contributed by atoms with Crippen molar-refractivity contribution in [3.8, 4) is 0 Å². The van der Waals surface area contributed by atoms with Crippen LogP contribution in [0.5, 0.6) is 0 Å². The number of hydrogen-bond acceptors (Lipinski definition) is 4. The second kappa shape index (κ2) is 7.36. The molecule has 1 fully saturated rings. The van der Waals surface area contributed by atoms with E-state index in [1.54, 1.807) is 7.11 Å². The molecule has 0 N–H and O–H groups in total. The smallest absolute Gasteiger partial charge is 0.308 e. The average Bonchev–Trinajstić information content (AvgIpc) is 2.38. The predicted octanol–water partition coefficient (Wildman–Crippen LogP) is 1.07. The van der Waals surface area contributed by atoms with Crippen LogP contribution in [0.4, 0.5) is 0 Å². The molecule has 1 saturated heterocycles. The highest BCUT2D eigenvalue weighted by Crippen LogP contribution is 2.19. The standard InChI is InChI=1S/C13H23NO4/c1-10(9-17-2)8-12(15)14-6-4-11(5-7-14)13(16)18-3/h10-11H,4-9H2,1-3H3. The molecule has 1 aliphatic heterocycles. The number of carbonyl (C=O) groups excluding carboxylic acids is 2. The van der Waals surface area contributed by atoms with Gasteiger partial charge in [-0.2, -0.15) is 0 Å². The quantitative estimate of drug-likeness (QED) is 0.691. The molecule has 0 aromatic heterocycles. The number of likely N-dealkylation sites (tertiary alicyclic amines) is 1. The summed E-state index contributed by atoms with van der Waals surface area (Å²) in [7, 11) is 3.05. The fourth-order valence-corrected chi connectivity index (χ4v) is 2.30. The van der Waals surface area contributed by atoms with E-state index in [-0.39, 0.29) is 23.7 Å². The Morgan fingerprint density at radius 1 is 1.28 bits per heavy atom. The summed E-state index contributed by atoms with van der Waals surface area (Å²) < 4.78 is 9.75. The molecular weight excluding hydrogens is 234 g/mol. The Kier molecular flexibility index (Phi) is 6.12. The molecule has 1 rings (SSSR count). The first kappa shape index (κ1) is 15.0. The summed E-state index contributed by atoms with van der Waals surface area (Å²) in [6, 6.07) is 0. The van der Waals surface area contributed by atoms with Gasteiger partial charge in [0, 0.05) is 33.2 Å². The van der Waals surface area contributed by atoms with Gasteiger partial charge in [0.25, 0.3) is 0 Å². The summed E-state index contributed by atoms with van der Waals surface area (Å²) in [5, 5.41) is 0. The molecule has 1 unspecified atom stereocenters. The first-order valence-electron chi connectivity index (χ1n) is 6.43. The van der Waals surface area contributed by atoms with Gasteiger partial charge in [-0.1, -0.05) is 6.92 Å². The summed E-state index contributed by atoms with van der Waals surface area (Å²) in [6.07, 6.45) is 1.92. The number of rotatable bonds is 5. The van der Waals surface area contributed by atoms with Crippen molar-refractivity contribution < 1.29 is 19.1 Å². The lowest BCUT2D eigenvalue weighted by Gasteiger charge is -2.31. The topological polar surface area (TPSA) is 55.8 Å². The number of piperidine rings is 1. The van der Waals surface area contributed by atoms with Crippen molar-refractivity contribution in [3.63, 3.8) is 0 Å². The Balaban J connectivity index is 2.33. The van der Waals surface area contributed by atoms with Crippen LogP contribution in [0.3, 0.4) is 0 Å². The molecule has 0 saturated carbocycles. The Hall–Kier alpha value is -1.10. The maximum atomic E-state index is 12.0. The van der Waals surface area contributed by atoms with Gasteiger partial charge in [0.15, 0.2) is 0 Å². The molecule has 0 spiro atoms. The van der Waals surface area contributed by atoms with E-state index >= 15 is 0 Å². The molecule has 1 heterocycles. The summed E-state index contributed by atoms with van der Waals surface area (Å²) in [4.78, 5) is 25.2. The zero-order valence-electron chi connectivity index (χ0n) is 11.5. The van der Waals surface area contributed by atoms with Gasteiger partial charge in [0.05, 0.1) is 13.0 Å². The van der Waals surface area contributed by atoms with E-state index in [0.29, 0.717) is 39.0 Å². The highest BCUT2D eigenvalue weighted by Gasteiger charge is 2.28. The zero-order valence-corrected chi connectivity index (χ0v) is 11.5. The van der Waals surface area contributed by atoms with Crippen molar-refractivity contribution in [2.45, 2.75) is 26.2 Å². The number of esters is 1. The van der Waals surface area contributed by atoms with Gasteiger partial charge >= 0.3 is 5.97 Å². The fraction of sp³-hybridized carbons (Fsp3) is 0.846. The van der Waals surface area contributed by atoms with Crippen LogP contribution in [-0.4, -0.2) is 50.7 Å². The lowest BCUT2D eigenvalue weighted by Crippen LogP contribution is -2.41. The van der Waals surface area contributed by atoms with Gasteiger partial charge in [-0.25, -0.2) is 0 Å². The number of methoxy groups -OCH3 is 2. The molecule has 0 aromatic carbocycles. The first-order valence-corrected chi connectivity index (χ1v) is 6.43. The largest absolute Gasteiger partial charge is 0.469 e. The van der Waals surface area contributed by atoms with Crippen LogP contribution in [0.1, 0.15) is 26.2 Å². The van der Waals surface area contributed by atoms with Crippen LogP contribution < -0.4 is 0 Å². The molecule has 5 nitrogen and oxygen atoms in total. The first-order chi connectivity index (χ1) is 8.58. The van der Waals surface area contributed by atoms with Gasteiger partial charge in [-0.15, -0.1) is 0 Å². The van der Waals surface area contributed by atoms with Crippen LogP contribution >= 0.6 is 0 Å². The van der Waals surface area contributed by atoms with Crippen molar-refractivity contribution in [1.82, 2.24) is 4.90 Å². The maximum absolute atomic E-state index is 12.0. The highest BCUT2D eigenvalue weighted by atomic mass is 16.5. The molecule has 0 radical (unpaired) electrons. The Bertz CT molecular complexity index is 285. The molecular formula is C13H23NO4. The minimum Gasteiger partial charge on any atom is -0.469 e. The van der Waals surface area contributed by atoms with E-state index < -0.39 is 0 Å². The van der Waals surface area contributed by atoms with Gasteiger partial charge in [-0.3, -0.25) is 9.59 Å². The molecule has 1 aliphatic rings. The molecule has 104 valence electrons. The van der Waals surface area contributed by atoms with Crippen LogP contribution in [0.2, 0.25) is 0 Å². The number of amides is 1. The summed E-state index contributed by atoms with van der Waals surface area (Å²) in [5.74, 6) is 0.189. The number of hydrogen-bond donors (Lipinski definition) is 0. The SMILES string of the molecule is COCC(C)CC(=O)N1CCC(C(=O)OC)CC1. The lowest BCUT2D eigenvalue weighted by molar-refractivity contribution is -0.149.